The summed E-state index contributed by atoms with van der Waals surface area (Å²) in [5, 5.41) is 19.3. The van der Waals surface area contributed by atoms with Gasteiger partial charge >= 0.3 is 0 Å². The Morgan fingerprint density at radius 3 is 2.79 bits per heavy atom. The van der Waals surface area contributed by atoms with Gasteiger partial charge in [-0.05, 0) is 47.9 Å². The lowest BCUT2D eigenvalue weighted by molar-refractivity contribution is 0.0778. The van der Waals surface area contributed by atoms with Crippen molar-refractivity contribution < 1.29 is 19.3 Å². The smallest absolute Gasteiger partial charge is 0.161 e. The molecule has 0 unspecified atom stereocenters. The average molecular weight is 399 g/mol. The van der Waals surface area contributed by atoms with Gasteiger partial charge in [0.2, 0.25) is 0 Å². The van der Waals surface area contributed by atoms with Gasteiger partial charge in [-0.1, -0.05) is 16.6 Å². The fourth-order valence-corrected chi connectivity index (χ4v) is 3.30. The van der Waals surface area contributed by atoms with Crippen LogP contribution in [-0.2, 0) is 0 Å². The summed E-state index contributed by atoms with van der Waals surface area (Å²) in [4.78, 5) is 0. The summed E-state index contributed by atoms with van der Waals surface area (Å²) >= 11 is 1.32. The number of para-hydroxylation sites is 2. The molecule has 0 saturated heterocycles. The maximum Gasteiger partial charge on any atom is 0.161 e. The van der Waals surface area contributed by atoms with Crippen LogP contribution in [0.2, 0.25) is 0 Å². The van der Waals surface area contributed by atoms with E-state index in [1.54, 1.807) is 0 Å². The molecule has 0 bridgehead atoms. The lowest BCUT2D eigenvalue weighted by Crippen LogP contribution is -2.41. The predicted octanol–water partition coefficient (Wildman–Crippen LogP) is 2.37. The van der Waals surface area contributed by atoms with E-state index in [0.717, 1.165) is 22.8 Å². The van der Waals surface area contributed by atoms with Gasteiger partial charge in [0, 0.05) is 24.0 Å². The molecule has 2 atom stereocenters. The minimum absolute atomic E-state index is 0.0873. The zero-order valence-corrected chi connectivity index (χ0v) is 16.0. The molecule has 146 valence electrons. The van der Waals surface area contributed by atoms with Crippen molar-refractivity contribution in [3.63, 3.8) is 0 Å². The number of aliphatic hydroxyl groups is 1. The zero-order chi connectivity index (χ0) is 19.2. The number of rotatable bonds is 8. The summed E-state index contributed by atoms with van der Waals surface area (Å²) in [5.74, 6) is 2.22. The number of ether oxygens (including phenoxy) is 3. The molecular weight excluding hydrogens is 378 g/mol. The van der Waals surface area contributed by atoms with Crippen molar-refractivity contribution in [2.45, 2.75) is 12.2 Å². The van der Waals surface area contributed by atoms with Gasteiger partial charge in [0.15, 0.2) is 11.5 Å². The third-order valence-electron chi connectivity index (χ3n) is 4.27. The fraction of sp³-hybridized carbons (Fsp3) is 0.300. The van der Waals surface area contributed by atoms with E-state index in [4.69, 9.17) is 14.2 Å². The molecule has 2 N–H and O–H groups in total. The van der Waals surface area contributed by atoms with Crippen LogP contribution in [0.15, 0.2) is 53.9 Å². The quantitative estimate of drug-likeness (QED) is 0.601. The maximum atomic E-state index is 10.1. The Hall–Kier alpha value is -2.68. The summed E-state index contributed by atoms with van der Waals surface area (Å²) in [6.45, 7) is 1.68. The van der Waals surface area contributed by atoms with E-state index in [1.807, 2.05) is 53.9 Å². The number of hydrogen-bond acceptors (Lipinski definition) is 8. The van der Waals surface area contributed by atoms with Crippen molar-refractivity contribution in [1.82, 2.24) is 14.9 Å². The second kappa shape index (κ2) is 9.01. The van der Waals surface area contributed by atoms with Gasteiger partial charge in [-0.2, -0.15) is 0 Å². The second-order valence-electron chi connectivity index (χ2n) is 6.44. The standard InChI is InChI=1S/C20H21N3O4S/c24-15(9-21-10-17-12-26-19-3-1-2-4-20(19)27-17)11-25-16-7-5-14(6-8-16)18-13-28-23-22-18/h1-8,13,15,17,21,24H,9-12H2/t15-,17+/m1/s1. The van der Waals surface area contributed by atoms with E-state index < -0.39 is 6.10 Å². The van der Waals surface area contributed by atoms with Crippen LogP contribution in [0.25, 0.3) is 11.3 Å². The van der Waals surface area contributed by atoms with Gasteiger partial charge in [-0.15, -0.1) is 5.10 Å². The summed E-state index contributed by atoms with van der Waals surface area (Å²) in [5.41, 5.74) is 1.83. The molecule has 1 aliphatic rings. The zero-order valence-electron chi connectivity index (χ0n) is 15.2. The number of nitrogens with zero attached hydrogens (tertiary/aromatic N) is 2. The highest BCUT2D eigenvalue weighted by Crippen LogP contribution is 2.30. The highest BCUT2D eigenvalue weighted by molar-refractivity contribution is 7.03. The topological polar surface area (TPSA) is 85.7 Å². The lowest BCUT2D eigenvalue weighted by atomic mass is 10.2. The van der Waals surface area contributed by atoms with Crippen LogP contribution in [0.1, 0.15) is 0 Å². The first kappa shape index (κ1) is 18.7. The number of hydrogen-bond donors (Lipinski definition) is 2. The molecule has 8 heteroatoms. The highest BCUT2D eigenvalue weighted by Gasteiger charge is 2.20. The number of benzene rings is 2. The third-order valence-corrected chi connectivity index (χ3v) is 4.78. The van der Waals surface area contributed by atoms with Crippen molar-refractivity contribution >= 4 is 11.5 Å². The monoisotopic (exact) mass is 399 g/mol. The van der Waals surface area contributed by atoms with E-state index >= 15 is 0 Å². The molecule has 7 nitrogen and oxygen atoms in total. The maximum absolute atomic E-state index is 10.1. The molecule has 0 spiro atoms. The molecule has 3 aromatic rings. The average Bonchev–Trinajstić information content (AvgIpc) is 3.27. The number of nitrogens with one attached hydrogen (secondary N) is 1. The van der Waals surface area contributed by atoms with E-state index in [2.05, 4.69) is 14.9 Å². The van der Waals surface area contributed by atoms with Crippen LogP contribution >= 0.6 is 11.5 Å². The van der Waals surface area contributed by atoms with Crippen molar-refractivity contribution in [3.8, 4) is 28.5 Å². The Balaban J connectivity index is 1.17. The number of aliphatic hydroxyl groups excluding tert-OH is 1. The van der Waals surface area contributed by atoms with Crippen LogP contribution in [0.3, 0.4) is 0 Å². The van der Waals surface area contributed by atoms with E-state index in [0.29, 0.717) is 25.4 Å². The normalized spacial score (nSPS) is 16.5. The summed E-state index contributed by atoms with van der Waals surface area (Å²) < 4.78 is 21.1. The van der Waals surface area contributed by atoms with Gasteiger partial charge < -0.3 is 24.6 Å². The van der Waals surface area contributed by atoms with Crippen molar-refractivity contribution in [2.75, 3.05) is 26.3 Å². The van der Waals surface area contributed by atoms with Gasteiger partial charge in [-0.3, -0.25) is 0 Å². The SMILES string of the molecule is O[C@H](CNC[C@H]1COc2ccccc2O1)COc1ccc(-c2csnn2)cc1. The summed E-state index contributed by atoms with van der Waals surface area (Å²) in [7, 11) is 0. The fourth-order valence-electron chi connectivity index (χ4n) is 2.84. The number of aromatic nitrogens is 2. The van der Waals surface area contributed by atoms with Gasteiger partial charge in [0.05, 0.1) is 0 Å². The molecule has 0 fully saturated rings. The minimum atomic E-state index is -0.626. The van der Waals surface area contributed by atoms with E-state index in [1.165, 1.54) is 11.5 Å². The first-order valence-corrected chi connectivity index (χ1v) is 9.89. The molecule has 2 heterocycles. The van der Waals surface area contributed by atoms with E-state index in [-0.39, 0.29) is 12.7 Å². The number of fused-ring (bicyclic) bond motifs is 1. The molecule has 0 radical (unpaired) electrons. The van der Waals surface area contributed by atoms with Crippen LogP contribution < -0.4 is 19.5 Å². The molecule has 0 saturated carbocycles. The van der Waals surface area contributed by atoms with Crippen LogP contribution in [0.5, 0.6) is 17.2 Å². The van der Waals surface area contributed by atoms with Crippen molar-refractivity contribution in [2.24, 2.45) is 0 Å². The van der Waals surface area contributed by atoms with Gasteiger partial charge in [0.25, 0.3) is 0 Å². The van der Waals surface area contributed by atoms with Gasteiger partial charge in [-0.25, -0.2) is 0 Å². The molecule has 2 aromatic carbocycles. The second-order valence-corrected chi connectivity index (χ2v) is 7.05. The molecule has 1 aliphatic heterocycles. The van der Waals surface area contributed by atoms with Crippen LogP contribution in [0, 0.1) is 0 Å². The third kappa shape index (κ3) is 4.78. The first-order valence-electron chi connectivity index (χ1n) is 9.05. The lowest BCUT2D eigenvalue weighted by Gasteiger charge is -2.27. The van der Waals surface area contributed by atoms with Crippen molar-refractivity contribution in [1.29, 1.82) is 0 Å². The Kier molecular flexibility index (Phi) is 6.01. The molecule has 0 amide bonds. The Morgan fingerprint density at radius 2 is 2.00 bits per heavy atom. The summed E-state index contributed by atoms with van der Waals surface area (Å²) in [6.07, 6.45) is -0.713. The summed E-state index contributed by atoms with van der Waals surface area (Å²) in [6, 6.07) is 15.2. The Morgan fingerprint density at radius 1 is 1.18 bits per heavy atom. The molecule has 1 aromatic heterocycles. The largest absolute Gasteiger partial charge is 0.491 e. The molecular formula is C20H21N3O4S. The highest BCUT2D eigenvalue weighted by atomic mass is 32.1. The first-order chi connectivity index (χ1) is 13.8. The van der Waals surface area contributed by atoms with Gasteiger partial charge in [0.1, 0.15) is 36.9 Å². The molecule has 4 rings (SSSR count). The minimum Gasteiger partial charge on any atom is -0.491 e. The predicted molar refractivity (Wildman–Crippen MR) is 106 cm³/mol. The molecule has 0 aliphatic carbocycles. The van der Waals surface area contributed by atoms with Crippen LogP contribution in [0.4, 0.5) is 0 Å². The Bertz CT molecular complexity index is 873. The molecule has 28 heavy (non-hydrogen) atoms. The van der Waals surface area contributed by atoms with E-state index in [9.17, 15) is 5.11 Å². The van der Waals surface area contributed by atoms with Crippen LogP contribution in [-0.4, -0.2) is 53.2 Å². The Labute approximate surface area is 167 Å². The van der Waals surface area contributed by atoms with Crippen molar-refractivity contribution in [3.05, 3.63) is 53.9 Å².